The molecule has 0 heterocycles. The number of hydrogen-bond acceptors (Lipinski definition) is 7. The van der Waals surface area contributed by atoms with Crippen LogP contribution in [-0.2, 0) is 30.4 Å². The van der Waals surface area contributed by atoms with Crippen LogP contribution in [0.3, 0.4) is 0 Å². The van der Waals surface area contributed by atoms with E-state index in [1.807, 2.05) is 6.26 Å². The molecule has 1 aromatic carbocycles. The molecular formula is C24H37N5O6S. The summed E-state index contributed by atoms with van der Waals surface area (Å²) in [4.78, 5) is 61.2. The Labute approximate surface area is 215 Å². The maximum absolute atomic E-state index is 13.1. The zero-order valence-corrected chi connectivity index (χ0v) is 21.7. The first-order valence-electron chi connectivity index (χ1n) is 11.7. The Bertz CT molecular complexity index is 898. The van der Waals surface area contributed by atoms with Crippen molar-refractivity contribution in [3.63, 3.8) is 0 Å². The molecule has 4 amide bonds. The third kappa shape index (κ3) is 11.1. The molecule has 0 aliphatic carbocycles. The van der Waals surface area contributed by atoms with Gasteiger partial charge in [0, 0.05) is 12.8 Å². The molecule has 0 saturated heterocycles. The summed E-state index contributed by atoms with van der Waals surface area (Å²) in [5.74, 6) is -3.46. The molecule has 0 spiro atoms. The summed E-state index contributed by atoms with van der Waals surface area (Å²) in [5, 5.41) is 17.3. The second-order valence-corrected chi connectivity index (χ2v) is 9.76. The van der Waals surface area contributed by atoms with Crippen molar-refractivity contribution in [3.05, 3.63) is 35.9 Å². The van der Waals surface area contributed by atoms with E-state index in [2.05, 4.69) is 16.0 Å². The second-order valence-electron chi connectivity index (χ2n) is 8.77. The molecule has 4 unspecified atom stereocenters. The molecule has 36 heavy (non-hydrogen) atoms. The van der Waals surface area contributed by atoms with Gasteiger partial charge in [-0.3, -0.25) is 19.2 Å². The van der Waals surface area contributed by atoms with Crippen LogP contribution in [-0.4, -0.2) is 70.9 Å². The Kier molecular flexibility index (Phi) is 13.6. The predicted octanol–water partition coefficient (Wildman–Crippen LogP) is -0.230. The van der Waals surface area contributed by atoms with Crippen LogP contribution in [0, 0.1) is 5.92 Å². The molecule has 0 radical (unpaired) electrons. The van der Waals surface area contributed by atoms with Crippen LogP contribution >= 0.6 is 11.8 Å². The Hall–Kier alpha value is -3.12. The number of nitrogens with one attached hydrogen (secondary N) is 3. The average Bonchev–Trinajstić information content (AvgIpc) is 2.82. The first kappa shape index (κ1) is 30.9. The number of hydrogen-bond donors (Lipinski definition) is 6. The molecule has 1 aromatic rings. The number of thioether (sulfide) groups is 1. The number of primary amides is 1. The van der Waals surface area contributed by atoms with Crippen molar-refractivity contribution >= 4 is 41.4 Å². The molecule has 8 N–H and O–H groups in total. The number of carbonyl (C=O) groups excluding carboxylic acids is 4. The topological polar surface area (TPSA) is 194 Å². The van der Waals surface area contributed by atoms with Gasteiger partial charge in [-0.1, -0.05) is 44.2 Å². The van der Waals surface area contributed by atoms with Gasteiger partial charge in [0.05, 0.1) is 6.04 Å². The van der Waals surface area contributed by atoms with Gasteiger partial charge in [0.2, 0.25) is 23.6 Å². The number of carboxylic acids is 1. The number of nitrogens with two attached hydrogens (primary N) is 2. The van der Waals surface area contributed by atoms with Crippen molar-refractivity contribution in [1.29, 1.82) is 0 Å². The summed E-state index contributed by atoms with van der Waals surface area (Å²) >= 11 is 1.47. The highest BCUT2D eigenvalue weighted by Crippen LogP contribution is 2.09. The van der Waals surface area contributed by atoms with Gasteiger partial charge < -0.3 is 32.5 Å². The lowest BCUT2D eigenvalue weighted by Gasteiger charge is -2.27. The summed E-state index contributed by atoms with van der Waals surface area (Å²) in [6, 6.07) is 4.65. The van der Waals surface area contributed by atoms with E-state index >= 15 is 0 Å². The van der Waals surface area contributed by atoms with E-state index in [9.17, 15) is 29.1 Å². The lowest BCUT2D eigenvalue weighted by molar-refractivity contribution is -0.142. The van der Waals surface area contributed by atoms with E-state index in [-0.39, 0.29) is 31.6 Å². The Balaban J connectivity index is 2.91. The van der Waals surface area contributed by atoms with E-state index in [1.165, 1.54) is 11.8 Å². The van der Waals surface area contributed by atoms with Crippen LogP contribution in [0.15, 0.2) is 30.3 Å². The van der Waals surface area contributed by atoms with Gasteiger partial charge in [0.1, 0.15) is 18.1 Å². The molecule has 12 heteroatoms. The zero-order valence-electron chi connectivity index (χ0n) is 20.9. The summed E-state index contributed by atoms with van der Waals surface area (Å²) in [5.41, 5.74) is 11.6. The first-order chi connectivity index (χ1) is 17.0. The number of rotatable bonds is 16. The SMILES string of the molecule is CSCCC(NC(=O)C(N)CCC(N)=O)C(=O)NC(C(=O)NC(Cc1ccccc1)C(=O)O)C(C)C. The third-order valence-electron chi connectivity index (χ3n) is 5.43. The molecule has 0 saturated carbocycles. The molecule has 0 aliphatic heterocycles. The van der Waals surface area contributed by atoms with Gasteiger partial charge in [-0.2, -0.15) is 11.8 Å². The molecule has 1 rings (SSSR count). The van der Waals surface area contributed by atoms with E-state index in [1.54, 1.807) is 44.2 Å². The Morgan fingerprint density at radius 1 is 0.917 bits per heavy atom. The fraction of sp³-hybridized carbons (Fsp3) is 0.542. The van der Waals surface area contributed by atoms with Crippen molar-refractivity contribution in [1.82, 2.24) is 16.0 Å². The summed E-state index contributed by atoms with van der Waals surface area (Å²) < 4.78 is 0. The van der Waals surface area contributed by atoms with Crippen molar-refractivity contribution in [3.8, 4) is 0 Å². The highest BCUT2D eigenvalue weighted by atomic mass is 32.2. The van der Waals surface area contributed by atoms with Crippen LogP contribution in [0.4, 0.5) is 0 Å². The monoisotopic (exact) mass is 523 g/mol. The maximum atomic E-state index is 13.1. The number of carbonyl (C=O) groups is 5. The normalized spacial score (nSPS) is 14.2. The number of amides is 4. The van der Waals surface area contributed by atoms with Gasteiger partial charge in [-0.15, -0.1) is 0 Å². The number of aliphatic carboxylic acids is 1. The van der Waals surface area contributed by atoms with E-state index in [0.29, 0.717) is 5.75 Å². The van der Waals surface area contributed by atoms with Gasteiger partial charge in [-0.25, -0.2) is 4.79 Å². The molecule has 4 atom stereocenters. The third-order valence-corrected chi connectivity index (χ3v) is 6.07. The summed E-state index contributed by atoms with van der Waals surface area (Å²) in [6.07, 6.45) is 2.17. The van der Waals surface area contributed by atoms with Crippen molar-refractivity contribution < 1.29 is 29.1 Å². The minimum Gasteiger partial charge on any atom is -0.480 e. The molecule has 0 aromatic heterocycles. The molecule has 200 valence electrons. The van der Waals surface area contributed by atoms with Crippen molar-refractivity contribution in [2.45, 2.75) is 63.7 Å². The van der Waals surface area contributed by atoms with Crippen LogP contribution in [0.5, 0.6) is 0 Å². The highest BCUT2D eigenvalue weighted by molar-refractivity contribution is 7.98. The Morgan fingerprint density at radius 2 is 1.53 bits per heavy atom. The largest absolute Gasteiger partial charge is 0.480 e. The van der Waals surface area contributed by atoms with E-state index in [4.69, 9.17) is 11.5 Å². The van der Waals surface area contributed by atoms with Crippen LogP contribution in [0.25, 0.3) is 0 Å². The second kappa shape index (κ2) is 15.8. The van der Waals surface area contributed by atoms with E-state index in [0.717, 1.165) is 5.56 Å². The average molecular weight is 524 g/mol. The van der Waals surface area contributed by atoms with Crippen molar-refractivity contribution in [2.75, 3.05) is 12.0 Å². The van der Waals surface area contributed by atoms with Crippen molar-refractivity contribution in [2.24, 2.45) is 17.4 Å². The van der Waals surface area contributed by atoms with Gasteiger partial charge in [0.25, 0.3) is 0 Å². The van der Waals surface area contributed by atoms with Gasteiger partial charge in [-0.05, 0) is 36.3 Å². The van der Waals surface area contributed by atoms with E-state index < -0.39 is 53.8 Å². The zero-order chi connectivity index (χ0) is 27.3. The maximum Gasteiger partial charge on any atom is 0.326 e. The lowest BCUT2D eigenvalue weighted by Crippen LogP contribution is -2.58. The standard InChI is InChI=1S/C24H37N5O6S/c1-14(2)20(23(33)28-18(24(34)35)13-15-7-5-4-6-8-15)29-22(32)17(11-12-36-3)27-21(31)16(25)9-10-19(26)30/h4-8,14,16-18,20H,9-13,25H2,1-3H3,(H2,26,30)(H,27,31)(H,28,33)(H,29,32)(H,34,35). The number of carboxylic acid groups (broad SMARTS) is 1. The predicted molar refractivity (Wildman–Crippen MR) is 138 cm³/mol. The van der Waals surface area contributed by atoms with Crippen LogP contribution in [0.2, 0.25) is 0 Å². The first-order valence-corrected chi connectivity index (χ1v) is 13.1. The molecular weight excluding hydrogens is 486 g/mol. The molecule has 0 fully saturated rings. The molecule has 11 nitrogen and oxygen atoms in total. The fourth-order valence-corrected chi connectivity index (χ4v) is 3.78. The number of benzene rings is 1. The van der Waals surface area contributed by atoms with Gasteiger partial charge in [0.15, 0.2) is 0 Å². The van der Waals surface area contributed by atoms with Crippen LogP contribution in [0.1, 0.15) is 38.7 Å². The highest BCUT2D eigenvalue weighted by Gasteiger charge is 2.31. The van der Waals surface area contributed by atoms with Gasteiger partial charge >= 0.3 is 5.97 Å². The Morgan fingerprint density at radius 3 is 2.06 bits per heavy atom. The summed E-state index contributed by atoms with van der Waals surface area (Å²) in [7, 11) is 0. The molecule has 0 bridgehead atoms. The minimum atomic E-state index is -1.20. The smallest absolute Gasteiger partial charge is 0.326 e. The minimum absolute atomic E-state index is 0.0348. The van der Waals surface area contributed by atoms with Crippen LogP contribution < -0.4 is 27.4 Å². The molecule has 0 aliphatic rings. The fourth-order valence-electron chi connectivity index (χ4n) is 3.31. The lowest BCUT2D eigenvalue weighted by atomic mass is 10.0. The summed E-state index contributed by atoms with van der Waals surface area (Å²) in [6.45, 7) is 3.43. The quantitative estimate of drug-likeness (QED) is 0.171.